The molecule has 1 aliphatic heterocycles. The first-order valence-electron chi connectivity index (χ1n) is 4.78. The fraction of sp³-hybridized carbons (Fsp3) is 0.400. The van der Waals surface area contributed by atoms with Crippen molar-refractivity contribution in [2.45, 2.75) is 6.42 Å². The zero-order chi connectivity index (χ0) is 10.8. The number of pyridine rings is 1. The van der Waals surface area contributed by atoms with Crippen LogP contribution in [0.25, 0.3) is 0 Å². The maximum atomic E-state index is 11.7. The van der Waals surface area contributed by atoms with Gasteiger partial charge in [-0.1, -0.05) is 15.9 Å². The van der Waals surface area contributed by atoms with E-state index in [4.69, 9.17) is 5.73 Å². The molecule has 0 spiro atoms. The van der Waals surface area contributed by atoms with Crippen LogP contribution < -0.4 is 10.6 Å². The number of amides is 1. The summed E-state index contributed by atoms with van der Waals surface area (Å²) in [4.78, 5) is 17.5. The van der Waals surface area contributed by atoms with Gasteiger partial charge in [-0.05, 0) is 18.1 Å². The summed E-state index contributed by atoms with van der Waals surface area (Å²) < 4.78 is 0. The standard InChI is InChI=1S/C10H12BrN3O/c11-4-7-3-10(15)14(6-7)9-2-1-8(12)5-13-9/h1-2,5,7H,3-4,6,12H2. The fourth-order valence-corrected chi connectivity index (χ4v) is 2.10. The van der Waals surface area contributed by atoms with Crippen LogP contribution in [0.3, 0.4) is 0 Å². The number of alkyl halides is 1. The molecule has 2 N–H and O–H groups in total. The Morgan fingerprint density at radius 3 is 2.93 bits per heavy atom. The van der Waals surface area contributed by atoms with E-state index >= 15 is 0 Å². The predicted octanol–water partition coefficient (Wildman–Crippen LogP) is 1.41. The van der Waals surface area contributed by atoms with Crippen LogP contribution in [0.1, 0.15) is 6.42 Å². The Hall–Kier alpha value is -1.10. The van der Waals surface area contributed by atoms with Crippen molar-refractivity contribution in [3.8, 4) is 0 Å². The lowest BCUT2D eigenvalue weighted by Crippen LogP contribution is -2.25. The third-order valence-corrected chi connectivity index (χ3v) is 3.39. The molecule has 1 saturated heterocycles. The second-order valence-corrected chi connectivity index (χ2v) is 4.33. The van der Waals surface area contributed by atoms with E-state index in [0.29, 0.717) is 23.8 Å². The topological polar surface area (TPSA) is 59.2 Å². The monoisotopic (exact) mass is 269 g/mol. The van der Waals surface area contributed by atoms with Crippen molar-refractivity contribution in [3.05, 3.63) is 18.3 Å². The number of nitrogen functional groups attached to an aromatic ring is 1. The van der Waals surface area contributed by atoms with Gasteiger partial charge in [-0.15, -0.1) is 0 Å². The Kier molecular flexibility index (Phi) is 2.90. The highest BCUT2D eigenvalue weighted by molar-refractivity contribution is 9.09. The highest BCUT2D eigenvalue weighted by Gasteiger charge is 2.30. The van der Waals surface area contributed by atoms with Crippen molar-refractivity contribution in [3.63, 3.8) is 0 Å². The summed E-state index contributed by atoms with van der Waals surface area (Å²) >= 11 is 3.40. The van der Waals surface area contributed by atoms with Crippen molar-refractivity contribution in [2.24, 2.45) is 5.92 Å². The van der Waals surface area contributed by atoms with E-state index < -0.39 is 0 Å². The van der Waals surface area contributed by atoms with Crippen LogP contribution in [0.15, 0.2) is 18.3 Å². The summed E-state index contributed by atoms with van der Waals surface area (Å²) in [6.45, 7) is 0.737. The Morgan fingerprint density at radius 1 is 1.60 bits per heavy atom. The average Bonchev–Trinajstić information content (AvgIpc) is 2.61. The molecule has 2 heterocycles. The van der Waals surface area contributed by atoms with Gasteiger partial charge in [0, 0.05) is 18.3 Å². The molecule has 0 aromatic carbocycles. The van der Waals surface area contributed by atoms with Gasteiger partial charge in [0.2, 0.25) is 5.91 Å². The summed E-state index contributed by atoms with van der Waals surface area (Å²) in [5, 5.41) is 0.851. The number of aromatic nitrogens is 1. The van der Waals surface area contributed by atoms with Crippen LogP contribution in [0.4, 0.5) is 11.5 Å². The second kappa shape index (κ2) is 4.18. The first-order chi connectivity index (χ1) is 7.20. The average molecular weight is 270 g/mol. The SMILES string of the molecule is Nc1ccc(N2CC(CBr)CC2=O)nc1. The number of carbonyl (C=O) groups is 1. The van der Waals surface area contributed by atoms with Gasteiger partial charge in [0.05, 0.1) is 11.9 Å². The third-order valence-electron chi connectivity index (χ3n) is 2.47. The van der Waals surface area contributed by atoms with E-state index in [1.54, 1.807) is 23.2 Å². The van der Waals surface area contributed by atoms with E-state index in [1.165, 1.54) is 0 Å². The van der Waals surface area contributed by atoms with E-state index in [1.807, 2.05) is 0 Å². The maximum Gasteiger partial charge on any atom is 0.228 e. The molecule has 1 amide bonds. The molecule has 0 radical (unpaired) electrons. The number of nitrogens with zero attached hydrogens (tertiary/aromatic N) is 2. The summed E-state index contributed by atoms with van der Waals surface area (Å²) in [7, 11) is 0. The summed E-state index contributed by atoms with van der Waals surface area (Å²) in [5.41, 5.74) is 6.15. The molecule has 1 atom stereocenters. The smallest absolute Gasteiger partial charge is 0.228 e. The quantitative estimate of drug-likeness (QED) is 0.826. The number of nitrogens with two attached hydrogens (primary N) is 1. The van der Waals surface area contributed by atoms with E-state index in [2.05, 4.69) is 20.9 Å². The van der Waals surface area contributed by atoms with Gasteiger partial charge in [0.1, 0.15) is 5.82 Å². The predicted molar refractivity (Wildman–Crippen MR) is 62.9 cm³/mol. The van der Waals surface area contributed by atoms with Crippen molar-refractivity contribution in [1.29, 1.82) is 0 Å². The Bertz CT molecular complexity index is 365. The highest BCUT2D eigenvalue weighted by atomic mass is 79.9. The van der Waals surface area contributed by atoms with Crippen LogP contribution >= 0.6 is 15.9 Å². The molecule has 15 heavy (non-hydrogen) atoms. The lowest BCUT2D eigenvalue weighted by atomic mass is 10.2. The molecule has 1 fully saturated rings. The number of halogens is 1. The number of hydrogen-bond acceptors (Lipinski definition) is 3. The largest absolute Gasteiger partial charge is 0.397 e. The first kappa shape index (κ1) is 10.4. The van der Waals surface area contributed by atoms with Gasteiger partial charge in [-0.25, -0.2) is 4.98 Å². The van der Waals surface area contributed by atoms with Crippen molar-refractivity contribution < 1.29 is 4.79 Å². The van der Waals surface area contributed by atoms with Crippen molar-refractivity contribution in [2.75, 3.05) is 22.5 Å². The molecule has 5 heteroatoms. The first-order valence-corrected chi connectivity index (χ1v) is 5.90. The summed E-state index contributed by atoms with van der Waals surface area (Å²) in [5.74, 6) is 1.21. The molecule has 0 saturated carbocycles. The van der Waals surface area contributed by atoms with Crippen LogP contribution in [0.2, 0.25) is 0 Å². The molecule has 0 bridgehead atoms. The van der Waals surface area contributed by atoms with Crippen LogP contribution in [-0.4, -0.2) is 22.8 Å². The van der Waals surface area contributed by atoms with Gasteiger partial charge < -0.3 is 5.73 Å². The second-order valence-electron chi connectivity index (χ2n) is 3.68. The Balaban J connectivity index is 2.18. The van der Waals surface area contributed by atoms with Crippen molar-refractivity contribution >= 4 is 33.3 Å². The van der Waals surface area contributed by atoms with Gasteiger partial charge in [-0.3, -0.25) is 9.69 Å². The van der Waals surface area contributed by atoms with Gasteiger partial charge in [-0.2, -0.15) is 0 Å². The summed E-state index contributed by atoms with van der Waals surface area (Å²) in [6, 6.07) is 3.54. The molecular formula is C10H12BrN3O. The normalized spacial score (nSPS) is 21.0. The third kappa shape index (κ3) is 2.12. The minimum atomic E-state index is 0.136. The number of hydrogen-bond donors (Lipinski definition) is 1. The molecule has 80 valence electrons. The zero-order valence-electron chi connectivity index (χ0n) is 8.19. The van der Waals surface area contributed by atoms with Crippen LogP contribution in [0, 0.1) is 5.92 Å². The number of carbonyl (C=O) groups excluding carboxylic acids is 1. The molecule has 4 nitrogen and oxygen atoms in total. The van der Waals surface area contributed by atoms with E-state index in [-0.39, 0.29) is 5.91 Å². The van der Waals surface area contributed by atoms with Crippen LogP contribution in [0.5, 0.6) is 0 Å². The fourth-order valence-electron chi connectivity index (χ4n) is 1.66. The highest BCUT2D eigenvalue weighted by Crippen LogP contribution is 2.24. The van der Waals surface area contributed by atoms with Gasteiger partial charge in [0.15, 0.2) is 0 Å². The van der Waals surface area contributed by atoms with E-state index in [9.17, 15) is 4.79 Å². The Labute approximate surface area is 96.6 Å². The Morgan fingerprint density at radius 2 is 2.40 bits per heavy atom. The van der Waals surface area contributed by atoms with Crippen LogP contribution in [-0.2, 0) is 4.79 Å². The summed E-state index contributed by atoms with van der Waals surface area (Å²) in [6.07, 6.45) is 2.17. The van der Waals surface area contributed by atoms with Crippen molar-refractivity contribution in [1.82, 2.24) is 4.98 Å². The minimum Gasteiger partial charge on any atom is -0.397 e. The number of anilines is 2. The number of rotatable bonds is 2. The lowest BCUT2D eigenvalue weighted by molar-refractivity contribution is -0.117. The molecule has 1 aliphatic rings. The molecule has 2 rings (SSSR count). The molecule has 0 aliphatic carbocycles. The van der Waals surface area contributed by atoms with E-state index in [0.717, 1.165) is 11.9 Å². The lowest BCUT2D eigenvalue weighted by Gasteiger charge is -2.14. The maximum absolute atomic E-state index is 11.7. The molecule has 1 unspecified atom stereocenters. The molecule has 1 aromatic heterocycles. The van der Waals surface area contributed by atoms with Gasteiger partial charge >= 0.3 is 0 Å². The molecule has 1 aromatic rings. The zero-order valence-corrected chi connectivity index (χ0v) is 9.77. The molecular weight excluding hydrogens is 258 g/mol. The van der Waals surface area contributed by atoms with Gasteiger partial charge in [0.25, 0.3) is 0 Å². The minimum absolute atomic E-state index is 0.136.